The Hall–Kier alpha value is -0.740. The number of anilines is 1. The predicted molar refractivity (Wildman–Crippen MR) is 87.4 cm³/mol. The normalized spacial score (nSPS) is 12.2. The van der Waals surface area contributed by atoms with Gasteiger partial charge in [0, 0.05) is 20.3 Å². The molecule has 2 aromatic rings. The van der Waals surface area contributed by atoms with Gasteiger partial charge in [0.05, 0.1) is 0 Å². The van der Waals surface area contributed by atoms with E-state index in [-0.39, 0.29) is 0 Å². The molecule has 0 aromatic heterocycles. The lowest BCUT2D eigenvalue weighted by atomic mass is 10.1. The van der Waals surface area contributed by atoms with E-state index in [9.17, 15) is 0 Å². The van der Waals surface area contributed by atoms with Crippen LogP contribution in [-0.4, -0.2) is 6.04 Å². The van der Waals surface area contributed by atoms with Crippen molar-refractivity contribution in [3.63, 3.8) is 0 Å². The van der Waals surface area contributed by atoms with Crippen LogP contribution in [0.4, 0.5) is 5.69 Å². The number of nitrogens with one attached hydrogen (secondary N) is 1. The van der Waals surface area contributed by atoms with Crippen LogP contribution in [0.25, 0.3) is 0 Å². The van der Waals surface area contributed by atoms with Crippen molar-refractivity contribution in [2.75, 3.05) is 5.32 Å². The molecule has 0 fully saturated rings. The Kier molecular flexibility index (Phi) is 4.89. The van der Waals surface area contributed by atoms with Crippen molar-refractivity contribution in [1.29, 1.82) is 0 Å². The van der Waals surface area contributed by atoms with Gasteiger partial charge in [0.15, 0.2) is 0 Å². The van der Waals surface area contributed by atoms with Crippen molar-refractivity contribution < 1.29 is 0 Å². The first-order valence-electron chi connectivity index (χ1n) is 5.90. The Labute approximate surface area is 127 Å². The average Bonchev–Trinajstić information content (AvgIpc) is 2.35. The third-order valence-electron chi connectivity index (χ3n) is 2.71. The number of hydrogen-bond donors (Lipinski definition) is 1. The molecule has 0 aliphatic rings. The summed E-state index contributed by atoms with van der Waals surface area (Å²) in [6.45, 7) is 2.19. The van der Waals surface area contributed by atoms with E-state index in [1.165, 1.54) is 9.13 Å². The summed E-state index contributed by atoms with van der Waals surface area (Å²) in [4.78, 5) is 0. The highest BCUT2D eigenvalue weighted by molar-refractivity contribution is 14.1. The summed E-state index contributed by atoms with van der Waals surface area (Å²) in [6, 6.07) is 16.9. The van der Waals surface area contributed by atoms with Crippen molar-refractivity contribution in [2.24, 2.45) is 0 Å². The highest BCUT2D eigenvalue weighted by atomic mass is 127. The molecular formula is C15H15ClIN. The summed E-state index contributed by atoms with van der Waals surface area (Å²) in [6.07, 6.45) is 0.989. The van der Waals surface area contributed by atoms with Crippen LogP contribution in [-0.2, 0) is 6.42 Å². The first-order valence-corrected chi connectivity index (χ1v) is 7.36. The number of benzene rings is 2. The zero-order valence-electron chi connectivity index (χ0n) is 10.2. The van der Waals surface area contributed by atoms with Crippen molar-refractivity contribution in [1.82, 2.24) is 0 Å². The molecule has 1 nitrogen and oxygen atoms in total. The first-order chi connectivity index (χ1) is 8.63. The van der Waals surface area contributed by atoms with E-state index >= 15 is 0 Å². The SMILES string of the molecule is CC(Cc1ccc(Cl)cc1)Nc1ccc(I)cc1. The van der Waals surface area contributed by atoms with Gasteiger partial charge in [-0.15, -0.1) is 0 Å². The van der Waals surface area contributed by atoms with Crippen LogP contribution in [0.2, 0.25) is 5.02 Å². The number of halogens is 2. The van der Waals surface area contributed by atoms with Gasteiger partial charge in [-0.05, 0) is 77.9 Å². The Bertz CT molecular complexity index is 445. The standard InChI is InChI=1S/C15H15ClIN/c1-11(10-12-2-4-13(16)5-3-12)18-15-8-6-14(17)7-9-15/h2-9,11,18H,10H2,1H3. The summed E-state index contributed by atoms with van der Waals surface area (Å²) in [5.41, 5.74) is 2.46. The van der Waals surface area contributed by atoms with Gasteiger partial charge in [-0.25, -0.2) is 0 Å². The monoisotopic (exact) mass is 371 g/mol. The van der Waals surface area contributed by atoms with Gasteiger partial charge in [0.1, 0.15) is 0 Å². The van der Waals surface area contributed by atoms with E-state index in [1.54, 1.807) is 0 Å². The molecule has 3 heteroatoms. The summed E-state index contributed by atoms with van der Waals surface area (Å²) in [5, 5.41) is 4.28. The second-order valence-corrected chi connectivity index (χ2v) is 6.06. The molecule has 0 amide bonds. The van der Waals surface area contributed by atoms with Crippen LogP contribution in [0.5, 0.6) is 0 Å². The predicted octanol–water partition coefficient (Wildman–Crippen LogP) is 4.99. The maximum absolute atomic E-state index is 5.88. The first kappa shape index (κ1) is 13.7. The van der Waals surface area contributed by atoms with Gasteiger partial charge in [0.2, 0.25) is 0 Å². The molecule has 0 saturated carbocycles. The molecule has 1 unspecified atom stereocenters. The van der Waals surface area contributed by atoms with E-state index in [1.807, 2.05) is 12.1 Å². The molecular weight excluding hydrogens is 357 g/mol. The molecule has 18 heavy (non-hydrogen) atoms. The minimum Gasteiger partial charge on any atom is -0.382 e. The fraction of sp³-hybridized carbons (Fsp3) is 0.200. The van der Waals surface area contributed by atoms with E-state index in [0.29, 0.717) is 6.04 Å². The van der Waals surface area contributed by atoms with Crippen LogP contribution in [0.3, 0.4) is 0 Å². The van der Waals surface area contributed by atoms with Gasteiger partial charge < -0.3 is 5.32 Å². The molecule has 1 N–H and O–H groups in total. The van der Waals surface area contributed by atoms with E-state index in [2.05, 4.69) is 71.2 Å². The maximum atomic E-state index is 5.88. The van der Waals surface area contributed by atoms with Gasteiger partial charge in [-0.2, -0.15) is 0 Å². The molecule has 2 aromatic carbocycles. The number of hydrogen-bond acceptors (Lipinski definition) is 1. The van der Waals surface area contributed by atoms with Crippen LogP contribution < -0.4 is 5.32 Å². The Morgan fingerprint density at radius 3 is 2.28 bits per heavy atom. The van der Waals surface area contributed by atoms with Gasteiger partial charge in [-0.1, -0.05) is 23.7 Å². The molecule has 0 radical (unpaired) electrons. The molecule has 0 spiro atoms. The Morgan fingerprint density at radius 1 is 1.06 bits per heavy atom. The molecule has 0 bridgehead atoms. The van der Waals surface area contributed by atoms with Crippen LogP contribution in [0.15, 0.2) is 48.5 Å². The third-order valence-corrected chi connectivity index (χ3v) is 3.68. The zero-order valence-corrected chi connectivity index (χ0v) is 13.1. The smallest absolute Gasteiger partial charge is 0.0406 e. The van der Waals surface area contributed by atoms with Crippen LogP contribution in [0, 0.1) is 3.57 Å². The van der Waals surface area contributed by atoms with Gasteiger partial charge in [0.25, 0.3) is 0 Å². The quantitative estimate of drug-likeness (QED) is 0.747. The van der Waals surface area contributed by atoms with Crippen LogP contribution >= 0.6 is 34.2 Å². The fourth-order valence-corrected chi connectivity index (χ4v) is 2.34. The van der Waals surface area contributed by atoms with E-state index < -0.39 is 0 Å². The molecule has 94 valence electrons. The third kappa shape index (κ3) is 4.18. The zero-order chi connectivity index (χ0) is 13.0. The Balaban J connectivity index is 1.94. The van der Waals surface area contributed by atoms with E-state index in [4.69, 9.17) is 11.6 Å². The van der Waals surface area contributed by atoms with Gasteiger partial charge in [-0.3, -0.25) is 0 Å². The average molecular weight is 372 g/mol. The second-order valence-electron chi connectivity index (χ2n) is 4.38. The van der Waals surface area contributed by atoms with Gasteiger partial charge >= 0.3 is 0 Å². The lowest BCUT2D eigenvalue weighted by Crippen LogP contribution is -2.17. The highest BCUT2D eigenvalue weighted by Gasteiger charge is 2.03. The lowest BCUT2D eigenvalue weighted by Gasteiger charge is -2.15. The summed E-state index contributed by atoms with van der Waals surface area (Å²) in [5.74, 6) is 0. The van der Waals surface area contributed by atoms with Crippen molar-refractivity contribution in [2.45, 2.75) is 19.4 Å². The van der Waals surface area contributed by atoms with Crippen LogP contribution in [0.1, 0.15) is 12.5 Å². The maximum Gasteiger partial charge on any atom is 0.0406 e. The number of rotatable bonds is 4. The molecule has 0 heterocycles. The second kappa shape index (κ2) is 6.43. The fourth-order valence-electron chi connectivity index (χ4n) is 1.86. The Morgan fingerprint density at radius 2 is 1.67 bits per heavy atom. The lowest BCUT2D eigenvalue weighted by molar-refractivity contribution is 0.790. The molecule has 2 rings (SSSR count). The molecule has 1 atom stereocenters. The minimum atomic E-state index is 0.395. The highest BCUT2D eigenvalue weighted by Crippen LogP contribution is 2.15. The summed E-state index contributed by atoms with van der Waals surface area (Å²) in [7, 11) is 0. The minimum absolute atomic E-state index is 0.395. The largest absolute Gasteiger partial charge is 0.382 e. The van der Waals surface area contributed by atoms with Crippen molar-refractivity contribution >= 4 is 39.9 Å². The topological polar surface area (TPSA) is 12.0 Å². The van der Waals surface area contributed by atoms with Crippen molar-refractivity contribution in [3.05, 3.63) is 62.7 Å². The van der Waals surface area contributed by atoms with E-state index in [0.717, 1.165) is 17.1 Å². The van der Waals surface area contributed by atoms with Crippen molar-refractivity contribution in [3.8, 4) is 0 Å². The molecule has 0 saturated heterocycles. The molecule has 0 aliphatic carbocycles. The molecule has 0 aliphatic heterocycles. The summed E-state index contributed by atoms with van der Waals surface area (Å²) >= 11 is 8.19. The summed E-state index contributed by atoms with van der Waals surface area (Å²) < 4.78 is 1.25.